The first-order valence-corrected chi connectivity index (χ1v) is 7.32. The first-order chi connectivity index (χ1) is 10.7. The molecule has 0 aromatic heterocycles. The van der Waals surface area contributed by atoms with Gasteiger partial charge in [0.25, 0.3) is 0 Å². The van der Waals surface area contributed by atoms with Crippen LogP contribution in [0.1, 0.15) is 11.1 Å². The van der Waals surface area contributed by atoms with Crippen LogP contribution in [0.25, 0.3) is 11.1 Å². The molecule has 2 N–H and O–H groups in total. The van der Waals surface area contributed by atoms with Gasteiger partial charge in [0.1, 0.15) is 0 Å². The third-order valence-electron chi connectivity index (χ3n) is 3.79. The van der Waals surface area contributed by atoms with Crippen LogP contribution in [0.4, 0.5) is 0 Å². The van der Waals surface area contributed by atoms with Gasteiger partial charge in [-0.05, 0) is 34.1 Å². The van der Waals surface area contributed by atoms with Crippen LogP contribution in [0.3, 0.4) is 0 Å². The summed E-state index contributed by atoms with van der Waals surface area (Å²) in [5.74, 6) is 0. The van der Waals surface area contributed by atoms with Crippen molar-refractivity contribution in [2.75, 3.05) is 0 Å². The molecular formula is C19H17BO2. The van der Waals surface area contributed by atoms with E-state index >= 15 is 0 Å². The van der Waals surface area contributed by atoms with Crippen LogP contribution in [0.5, 0.6) is 0 Å². The summed E-state index contributed by atoms with van der Waals surface area (Å²) in [6, 6.07) is 26.0. The van der Waals surface area contributed by atoms with E-state index in [4.69, 9.17) is 0 Å². The van der Waals surface area contributed by atoms with Gasteiger partial charge < -0.3 is 10.0 Å². The lowest BCUT2D eigenvalue weighted by Gasteiger charge is -2.09. The zero-order valence-electron chi connectivity index (χ0n) is 12.2. The van der Waals surface area contributed by atoms with E-state index in [0.29, 0.717) is 11.9 Å². The molecule has 3 heteroatoms. The molecule has 0 bridgehead atoms. The van der Waals surface area contributed by atoms with Crippen molar-refractivity contribution in [3.05, 3.63) is 90.0 Å². The predicted octanol–water partition coefficient (Wildman–Crippen LogP) is 2.62. The summed E-state index contributed by atoms with van der Waals surface area (Å²) < 4.78 is 0. The maximum Gasteiger partial charge on any atom is 0.488 e. The average Bonchev–Trinajstić information content (AvgIpc) is 2.57. The van der Waals surface area contributed by atoms with Crippen LogP contribution in [-0.4, -0.2) is 17.2 Å². The van der Waals surface area contributed by atoms with Crippen molar-refractivity contribution >= 4 is 12.6 Å². The second-order valence-electron chi connectivity index (χ2n) is 5.31. The van der Waals surface area contributed by atoms with E-state index in [1.54, 1.807) is 6.07 Å². The molecule has 3 aromatic rings. The molecule has 0 spiro atoms. The Hall–Kier alpha value is -2.36. The van der Waals surface area contributed by atoms with Crippen LogP contribution in [0.15, 0.2) is 78.9 Å². The van der Waals surface area contributed by atoms with E-state index in [1.165, 1.54) is 11.1 Å². The maximum absolute atomic E-state index is 9.43. The lowest BCUT2D eigenvalue weighted by molar-refractivity contribution is 0.425. The zero-order valence-corrected chi connectivity index (χ0v) is 12.2. The molecule has 0 radical (unpaired) electrons. The van der Waals surface area contributed by atoms with Crippen molar-refractivity contribution < 1.29 is 10.0 Å². The molecule has 0 saturated carbocycles. The topological polar surface area (TPSA) is 40.5 Å². The van der Waals surface area contributed by atoms with Crippen molar-refractivity contribution in [2.24, 2.45) is 0 Å². The lowest BCUT2D eigenvalue weighted by Crippen LogP contribution is -2.32. The summed E-state index contributed by atoms with van der Waals surface area (Å²) in [7, 11) is -1.43. The Morgan fingerprint density at radius 2 is 1.23 bits per heavy atom. The Balaban J connectivity index is 1.83. The molecule has 0 atom stereocenters. The van der Waals surface area contributed by atoms with Crippen LogP contribution in [-0.2, 0) is 6.42 Å². The second-order valence-corrected chi connectivity index (χ2v) is 5.31. The van der Waals surface area contributed by atoms with Crippen molar-refractivity contribution in [2.45, 2.75) is 6.42 Å². The molecule has 3 aromatic carbocycles. The maximum atomic E-state index is 9.43. The Morgan fingerprint density at radius 3 is 1.91 bits per heavy atom. The fourth-order valence-electron chi connectivity index (χ4n) is 2.61. The highest BCUT2D eigenvalue weighted by molar-refractivity contribution is 6.59. The number of rotatable bonds is 4. The predicted molar refractivity (Wildman–Crippen MR) is 91.0 cm³/mol. The average molecular weight is 288 g/mol. The Labute approximate surface area is 130 Å². The molecule has 0 aliphatic rings. The molecule has 0 amide bonds. The summed E-state index contributed by atoms with van der Waals surface area (Å²) in [5.41, 5.74) is 5.02. The third-order valence-corrected chi connectivity index (χ3v) is 3.79. The lowest BCUT2D eigenvalue weighted by atomic mass is 9.76. The molecule has 108 valence electrons. The van der Waals surface area contributed by atoms with E-state index in [0.717, 1.165) is 11.1 Å². The standard InChI is InChI=1S/C19H17BO2/c21-20(22)19-9-5-4-8-18(19)14-15-10-12-17(13-11-15)16-6-2-1-3-7-16/h1-13,21-22H,14H2. The van der Waals surface area contributed by atoms with Gasteiger partial charge in [-0.25, -0.2) is 0 Å². The van der Waals surface area contributed by atoms with E-state index in [-0.39, 0.29) is 0 Å². The first-order valence-electron chi connectivity index (χ1n) is 7.32. The van der Waals surface area contributed by atoms with Crippen molar-refractivity contribution in [1.29, 1.82) is 0 Å². The molecule has 0 unspecified atom stereocenters. The minimum atomic E-state index is -1.43. The quantitative estimate of drug-likeness (QED) is 0.725. The summed E-state index contributed by atoms with van der Waals surface area (Å²) in [6.07, 6.45) is 0.683. The molecular weight excluding hydrogens is 271 g/mol. The smallest absolute Gasteiger partial charge is 0.423 e. The minimum absolute atomic E-state index is 0.564. The molecule has 0 saturated heterocycles. The van der Waals surface area contributed by atoms with E-state index in [9.17, 15) is 10.0 Å². The van der Waals surface area contributed by atoms with Crippen molar-refractivity contribution in [3.8, 4) is 11.1 Å². The zero-order chi connectivity index (χ0) is 15.4. The summed E-state index contributed by atoms with van der Waals surface area (Å²) >= 11 is 0. The number of hydrogen-bond donors (Lipinski definition) is 2. The molecule has 22 heavy (non-hydrogen) atoms. The molecule has 0 aliphatic heterocycles. The van der Waals surface area contributed by atoms with Gasteiger partial charge in [-0.2, -0.15) is 0 Å². The van der Waals surface area contributed by atoms with Gasteiger partial charge in [0, 0.05) is 0 Å². The molecule has 2 nitrogen and oxygen atoms in total. The summed E-state index contributed by atoms with van der Waals surface area (Å²) in [4.78, 5) is 0. The third kappa shape index (κ3) is 3.27. The summed E-state index contributed by atoms with van der Waals surface area (Å²) in [6.45, 7) is 0. The largest absolute Gasteiger partial charge is 0.488 e. The first kappa shape index (κ1) is 14.6. The van der Waals surface area contributed by atoms with E-state index in [2.05, 4.69) is 36.4 Å². The Bertz CT molecular complexity index is 737. The molecule has 3 rings (SSSR count). The van der Waals surface area contributed by atoms with Crippen molar-refractivity contribution in [1.82, 2.24) is 0 Å². The van der Waals surface area contributed by atoms with Crippen molar-refractivity contribution in [3.63, 3.8) is 0 Å². The van der Waals surface area contributed by atoms with Gasteiger partial charge >= 0.3 is 7.12 Å². The van der Waals surface area contributed by atoms with Crippen LogP contribution < -0.4 is 5.46 Å². The van der Waals surface area contributed by atoms with Gasteiger partial charge in [-0.3, -0.25) is 0 Å². The monoisotopic (exact) mass is 288 g/mol. The van der Waals surface area contributed by atoms with Gasteiger partial charge in [-0.1, -0.05) is 78.9 Å². The van der Waals surface area contributed by atoms with E-state index in [1.807, 2.05) is 36.4 Å². The fourth-order valence-corrected chi connectivity index (χ4v) is 2.61. The van der Waals surface area contributed by atoms with Crippen LogP contribution in [0.2, 0.25) is 0 Å². The summed E-state index contributed by atoms with van der Waals surface area (Å²) in [5, 5.41) is 18.9. The highest BCUT2D eigenvalue weighted by atomic mass is 16.4. The SMILES string of the molecule is OB(O)c1ccccc1Cc1ccc(-c2ccccc2)cc1. The van der Waals surface area contributed by atoms with Gasteiger partial charge in [0.15, 0.2) is 0 Å². The fraction of sp³-hybridized carbons (Fsp3) is 0.0526. The number of hydrogen-bond acceptors (Lipinski definition) is 2. The van der Waals surface area contributed by atoms with Crippen LogP contribution >= 0.6 is 0 Å². The second kappa shape index (κ2) is 6.61. The van der Waals surface area contributed by atoms with Gasteiger partial charge in [0.05, 0.1) is 0 Å². The molecule has 0 heterocycles. The van der Waals surface area contributed by atoms with Crippen LogP contribution in [0, 0.1) is 0 Å². The minimum Gasteiger partial charge on any atom is -0.423 e. The highest BCUT2D eigenvalue weighted by Gasteiger charge is 2.15. The van der Waals surface area contributed by atoms with Gasteiger partial charge in [-0.15, -0.1) is 0 Å². The Kier molecular flexibility index (Phi) is 4.38. The highest BCUT2D eigenvalue weighted by Crippen LogP contribution is 2.20. The van der Waals surface area contributed by atoms with Gasteiger partial charge in [0.2, 0.25) is 0 Å². The van der Waals surface area contributed by atoms with E-state index < -0.39 is 7.12 Å². The molecule has 0 aliphatic carbocycles. The molecule has 0 fully saturated rings. The normalized spacial score (nSPS) is 10.5. The number of benzene rings is 3. The Morgan fingerprint density at radius 1 is 0.636 bits per heavy atom.